The van der Waals surface area contributed by atoms with Crippen LogP contribution in [-0.4, -0.2) is 16.3 Å². The zero-order chi connectivity index (χ0) is 19.7. The highest BCUT2D eigenvalue weighted by Crippen LogP contribution is 2.43. The van der Waals surface area contributed by atoms with E-state index in [4.69, 9.17) is 27.9 Å². The Hall–Kier alpha value is -2.76. The van der Waals surface area contributed by atoms with Crippen LogP contribution in [0.2, 0.25) is 10.0 Å². The minimum atomic E-state index is -0.222. The molecule has 1 heterocycles. The second-order valence-electron chi connectivity index (χ2n) is 6.38. The first-order chi connectivity index (χ1) is 13.6. The van der Waals surface area contributed by atoms with Gasteiger partial charge in [-0.2, -0.15) is 0 Å². The molecule has 0 aliphatic carbocycles. The second kappa shape index (κ2) is 7.70. The predicted molar refractivity (Wildman–Crippen MR) is 113 cm³/mol. The summed E-state index contributed by atoms with van der Waals surface area (Å²) in [5, 5.41) is 16.7. The number of nitroso groups, excluding NO2 is 1. The Morgan fingerprint density at radius 1 is 1.04 bits per heavy atom. The number of fused-ring (bicyclic) bond motifs is 2. The molecule has 7 heteroatoms. The van der Waals surface area contributed by atoms with E-state index in [1.807, 2.05) is 42.5 Å². The van der Waals surface area contributed by atoms with E-state index in [0.29, 0.717) is 35.5 Å². The Morgan fingerprint density at radius 3 is 2.61 bits per heavy atom. The summed E-state index contributed by atoms with van der Waals surface area (Å²) < 4.78 is 7.38. The highest BCUT2D eigenvalue weighted by Gasteiger charge is 2.20. The number of rotatable bonds is 6. The van der Waals surface area contributed by atoms with E-state index in [9.17, 15) is 10.0 Å². The number of hydrogen-bond donors (Lipinski definition) is 1. The van der Waals surface area contributed by atoms with Crippen LogP contribution in [0, 0.1) is 4.91 Å². The normalized spacial score (nSPS) is 11.2. The number of ether oxygens (including phenoxy) is 1. The third-order valence-electron chi connectivity index (χ3n) is 4.67. The average Bonchev–Trinajstić information content (AvgIpc) is 2.99. The summed E-state index contributed by atoms with van der Waals surface area (Å²) >= 11 is 12.4. The lowest BCUT2D eigenvalue weighted by atomic mass is 10.1. The Bertz CT molecular complexity index is 1190. The summed E-state index contributed by atoms with van der Waals surface area (Å²) in [5.41, 5.74) is 0.455. The molecule has 5 nitrogen and oxygen atoms in total. The third kappa shape index (κ3) is 3.28. The fourth-order valence-corrected chi connectivity index (χ4v) is 3.75. The first-order valence-corrected chi connectivity index (χ1v) is 9.50. The van der Waals surface area contributed by atoms with Crippen LogP contribution in [0.4, 0.5) is 5.69 Å². The standard InChI is InChI=1S/C21H16Cl2N2O3/c22-17-9-8-16-19(24-27)21(26)25(20(16)18(17)23)10-3-11-28-15-7-6-13-4-1-2-5-14(13)12-15/h1-2,4-9,12,26H,3,10-11H2. The van der Waals surface area contributed by atoms with Crippen LogP contribution >= 0.6 is 23.2 Å². The van der Waals surface area contributed by atoms with E-state index in [-0.39, 0.29) is 16.6 Å². The lowest BCUT2D eigenvalue weighted by molar-refractivity contribution is 0.298. The quantitative estimate of drug-likeness (QED) is 0.282. The Labute approximate surface area is 171 Å². The van der Waals surface area contributed by atoms with Crippen molar-refractivity contribution in [3.63, 3.8) is 0 Å². The van der Waals surface area contributed by atoms with Gasteiger partial charge in [0.05, 0.1) is 22.2 Å². The number of nitrogens with zero attached hydrogens (tertiary/aromatic N) is 2. The van der Waals surface area contributed by atoms with Gasteiger partial charge in [0.2, 0.25) is 5.88 Å². The monoisotopic (exact) mass is 414 g/mol. The minimum absolute atomic E-state index is 0.0379. The molecule has 0 amide bonds. The first kappa shape index (κ1) is 18.6. The molecule has 4 aromatic rings. The molecule has 0 fully saturated rings. The van der Waals surface area contributed by atoms with Gasteiger partial charge >= 0.3 is 0 Å². The fraction of sp³-hybridized carbons (Fsp3) is 0.143. The van der Waals surface area contributed by atoms with Crippen LogP contribution in [0.1, 0.15) is 6.42 Å². The molecule has 3 aromatic carbocycles. The van der Waals surface area contributed by atoms with Crippen molar-refractivity contribution in [2.75, 3.05) is 6.61 Å². The average molecular weight is 415 g/mol. The van der Waals surface area contributed by atoms with Crippen molar-refractivity contribution in [3.8, 4) is 11.6 Å². The van der Waals surface area contributed by atoms with Gasteiger partial charge in [0.25, 0.3) is 0 Å². The minimum Gasteiger partial charge on any atom is -0.494 e. The van der Waals surface area contributed by atoms with Gasteiger partial charge in [0, 0.05) is 11.9 Å². The van der Waals surface area contributed by atoms with Gasteiger partial charge in [-0.1, -0.05) is 53.5 Å². The number of aromatic hydroxyl groups is 1. The SMILES string of the molecule is O=Nc1c(O)n(CCCOc2ccc3ccccc3c2)c2c(Cl)c(Cl)ccc12. The van der Waals surface area contributed by atoms with E-state index in [2.05, 4.69) is 5.18 Å². The summed E-state index contributed by atoms with van der Waals surface area (Å²) in [4.78, 5) is 11.1. The third-order valence-corrected chi connectivity index (χ3v) is 5.46. The maximum Gasteiger partial charge on any atom is 0.222 e. The molecule has 1 aromatic heterocycles. The van der Waals surface area contributed by atoms with E-state index in [0.717, 1.165) is 16.5 Å². The molecule has 0 unspecified atom stereocenters. The van der Waals surface area contributed by atoms with Crippen molar-refractivity contribution in [2.45, 2.75) is 13.0 Å². The van der Waals surface area contributed by atoms with Crippen molar-refractivity contribution >= 4 is 50.6 Å². The number of halogens is 2. The maximum absolute atomic E-state index is 11.1. The number of benzene rings is 3. The van der Waals surface area contributed by atoms with Gasteiger partial charge in [0.1, 0.15) is 5.75 Å². The second-order valence-corrected chi connectivity index (χ2v) is 7.17. The molecule has 0 aliphatic heterocycles. The Balaban J connectivity index is 1.51. The summed E-state index contributed by atoms with van der Waals surface area (Å²) in [7, 11) is 0. The lowest BCUT2D eigenvalue weighted by Gasteiger charge is -2.10. The molecule has 0 saturated heterocycles. The lowest BCUT2D eigenvalue weighted by Crippen LogP contribution is -2.04. The molecule has 1 N–H and O–H groups in total. The summed E-state index contributed by atoms with van der Waals surface area (Å²) in [6.45, 7) is 0.824. The molecule has 0 atom stereocenters. The topological polar surface area (TPSA) is 63.8 Å². The van der Waals surface area contributed by atoms with Crippen molar-refractivity contribution in [3.05, 3.63) is 69.5 Å². The van der Waals surface area contributed by atoms with Crippen LogP contribution in [0.3, 0.4) is 0 Å². The van der Waals surface area contributed by atoms with Gasteiger partial charge in [-0.25, -0.2) is 0 Å². The molecule has 0 aliphatic rings. The van der Waals surface area contributed by atoms with E-state index in [1.54, 1.807) is 16.7 Å². The van der Waals surface area contributed by atoms with Gasteiger partial charge < -0.3 is 14.4 Å². The number of hydrogen-bond acceptors (Lipinski definition) is 4. The molecule has 4 rings (SSSR count). The van der Waals surface area contributed by atoms with Crippen LogP contribution in [0.25, 0.3) is 21.7 Å². The molecule has 0 radical (unpaired) electrons. The van der Waals surface area contributed by atoms with Crippen LogP contribution < -0.4 is 4.74 Å². The van der Waals surface area contributed by atoms with Gasteiger partial charge in [-0.05, 0) is 46.6 Å². The maximum atomic E-state index is 11.1. The van der Waals surface area contributed by atoms with Gasteiger partial charge in [0.15, 0.2) is 5.69 Å². The number of aryl methyl sites for hydroxylation is 1. The van der Waals surface area contributed by atoms with Crippen molar-refractivity contribution in [2.24, 2.45) is 5.18 Å². The largest absolute Gasteiger partial charge is 0.494 e. The molecule has 142 valence electrons. The Kier molecular flexibility index (Phi) is 5.11. The van der Waals surface area contributed by atoms with Gasteiger partial charge in [-0.3, -0.25) is 0 Å². The van der Waals surface area contributed by atoms with Crippen LogP contribution in [0.15, 0.2) is 59.8 Å². The van der Waals surface area contributed by atoms with Crippen molar-refractivity contribution in [1.82, 2.24) is 4.57 Å². The molecule has 0 saturated carbocycles. The highest BCUT2D eigenvalue weighted by atomic mass is 35.5. The number of aromatic nitrogens is 1. The van der Waals surface area contributed by atoms with Crippen molar-refractivity contribution in [1.29, 1.82) is 0 Å². The molecular formula is C21H16Cl2N2O3. The summed E-state index contributed by atoms with van der Waals surface area (Å²) in [6, 6.07) is 17.2. The molecule has 0 spiro atoms. The predicted octanol–water partition coefficient (Wildman–Crippen LogP) is 6.67. The summed E-state index contributed by atoms with van der Waals surface area (Å²) in [6.07, 6.45) is 0.589. The van der Waals surface area contributed by atoms with Crippen LogP contribution in [0.5, 0.6) is 11.6 Å². The summed E-state index contributed by atoms with van der Waals surface area (Å²) in [5.74, 6) is 0.552. The molecular weight excluding hydrogens is 399 g/mol. The van der Waals surface area contributed by atoms with E-state index >= 15 is 0 Å². The zero-order valence-corrected chi connectivity index (χ0v) is 16.2. The smallest absolute Gasteiger partial charge is 0.222 e. The first-order valence-electron chi connectivity index (χ1n) is 8.74. The van der Waals surface area contributed by atoms with E-state index < -0.39 is 0 Å². The van der Waals surface area contributed by atoms with Crippen molar-refractivity contribution < 1.29 is 9.84 Å². The van der Waals surface area contributed by atoms with Crippen LogP contribution in [-0.2, 0) is 6.54 Å². The zero-order valence-electron chi connectivity index (χ0n) is 14.7. The van der Waals surface area contributed by atoms with Gasteiger partial charge in [-0.15, -0.1) is 4.91 Å². The van der Waals surface area contributed by atoms with E-state index in [1.165, 1.54) is 0 Å². The fourth-order valence-electron chi connectivity index (χ4n) is 3.33. The molecule has 28 heavy (non-hydrogen) atoms. The molecule has 0 bridgehead atoms. The Morgan fingerprint density at radius 2 is 1.82 bits per heavy atom. The highest BCUT2D eigenvalue weighted by molar-refractivity contribution is 6.45.